The molecule has 2 aliphatic rings. The Morgan fingerprint density at radius 2 is 2.25 bits per heavy atom. The van der Waals surface area contributed by atoms with E-state index in [-0.39, 0.29) is 18.1 Å². The molecule has 0 aromatic heterocycles. The van der Waals surface area contributed by atoms with Crippen molar-refractivity contribution in [1.29, 1.82) is 0 Å². The van der Waals surface area contributed by atoms with Gasteiger partial charge in [-0.3, -0.25) is 4.79 Å². The summed E-state index contributed by atoms with van der Waals surface area (Å²) in [5.41, 5.74) is 5.79. The summed E-state index contributed by atoms with van der Waals surface area (Å²) in [5.74, 6) is 1.01. The SMILES string of the molecule is CCC(N)CC(=O)N1CC2CCC(O)C2C1. The topological polar surface area (TPSA) is 66.6 Å². The van der Waals surface area contributed by atoms with Crippen LogP contribution in [0.2, 0.25) is 0 Å². The van der Waals surface area contributed by atoms with Gasteiger partial charge in [0.05, 0.1) is 6.10 Å². The number of rotatable bonds is 3. The first-order valence-corrected chi connectivity index (χ1v) is 6.33. The van der Waals surface area contributed by atoms with Gasteiger partial charge < -0.3 is 15.7 Å². The van der Waals surface area contributed by atoms with Crippen molar-refractivity contribution < 1.29 is 9.90 Å². The van der Waals surface area contributed by atoms with Gasteiger partial charge in [-0.05, 0) is 25.2 Å². The normalized spacial score (nSPS) is 35.2. The average Bonchev–Trinajstić information content (AvgIpc) is 2.81. The van der Waals surface area contributed by atoms with E-state index < -0.39 is 0 Å². The molecule has 4 heteroatoms. The second-order valence-electron chi connectivity index (χ2n) is 5.24. The van der Waals surface area contributed by atoms with Crippen LogP contribution in [0.4, 0.5) is 0 Å². The van der Waals surface area contributed by atoms with Crippen LogP contribution in [0.3, 0.4) is 0 Å². The smallest absolute Gasteiger partial charge is 0.224 e. The molecule has 3 N–H and O–H groups in total. The fraction of sp³-hybridized carbons (Fsp3) is 0.917. The van der Waals surface area contributed by atoms with Crippen molar-refractivity contribution in [2.24, 2.45) is 17.6 Å². The molecule has 4 atom stereocenters. The minimum Gasteiger partial charge on any atom is -0.393 e. The maximum Gasteiger partial charge on any atom is 0.224 e. The molecule has 1 aliphatic heterocycles. The van der Waals surface area contributed by atoms with Gasteiger partial charge in [0.2, 0.25) is 5.91 Å². The highest BCUT2D eigenvalue weighted by atomic mass is 16.3. The molecule has 1 saturated carbocycles. The highest BCUT2D eigenvalue weighted by Crippen LogP contribution is 2.38. The van der Waals surface area contributed by atoms with Crippen LogP contribution in [0.1, 0.15) is 32.6 Å². The third-order valence-corrected chi connectivity index (χ3v) is 4.13. The predicted octanol–water partition coefficient (Wildman–Crippen LogP) is 0.343. The van der Waals surface area contributed by atoms with Gasteiger partial charge in [-0.1, -0.05) is 6.92 Å². The van der Waals surface area contributed by atoms with Crippen LogP contribution in [0, 0.1) is 11.8 Å². The number of hydrogen-bond donors (Lipinski definition) is 2. The fourth-order valence-corrected chi connectivity index (χ4v) is 2.94. The Morgan fingerprint density at radius 1 is 1.50 bits per heavy atom. The summed E-state index contributed by atoms with van der Waals surface area (Å²) in [7, 11) is 0. The summed E-state index contributed by atoms with van der Waals surface area (Å²) in [4.78, 5) is 13.8. The summed E-state index contributed by atoms with van der Waals surface area (Å²) < 4.78 is 0. The molecule has 0 radical (unpaired) electrons. The number of carbonyl (C=O) groups excluding carboxylic acids is 1. The van der Waals surface area contributed by atoms with Crippen molar-refractivity contribution in [2.45, 2.75) is 44.8 Å². The van der Waals surface area contributed by atoms with Gasteiger partial charge in [0.15, 0.2) is 0 Å². The van der Waals surface area contributed by atoms with Gasteiger partial charge in [-0.15, -0.1) is 0 Å². The van der Waals surface area contributed by atoms with E-state index in [1.807, 2.05) is 11.8 Å². The molecule has 1 heterocycles. The molecule has 0 aromatic rings. The Labute approximate surface area is 96.8 Å². The highest BCUT2D eigenvalue weighted by Gasteiger charge is 2.43. The Balaban J connectivity index is 1.87. The Kier molecular flexibility index (Phi) is 3.50. The molecule has 92 valence electrons. The van der Waals surface area contributed by atoms with Crippen molar-refractivity contribution >= 4 is 5.91 Å². The zero-order chi connectivity index (χ0) is 11.7. The van der Waals surface area contributed by atoms with Crippen LogP contribution < -0.4 is 5.73 Å². The van der Waals surface area contributed by atoms with E-state index in [1.54, 1.807) is 0 Å². The summed E-state index contributed by atoms with van der Waals surface area (Å²) >= 11 is 0. The zero-order valence-corrected chi connectivity index (χ0v) is 9.93. The first-order valence-electron chi connectivity index (χ1n) is 6.33. The molecule has 1 amide bonds. The van der Waals surface area contributed by atoms with Gasteiger partial charge in [-0.25, -0.2) is 0 Å². The standard InChI is InChI=1S/C12H22N2O2/c1-2-9(13)5-12(16)14-6-8-3-4-11(15)10(8)7-14/h8-11,15H,2-7,13H2,1H3. The van der Waals surface area contributed by atoms with Crippen molar-refractivity contribution in [1.82, 2.24) is 4.90 Å². The average molecular weight is 226 g/mol. The number of nitrogens with two attached hydrogens (primary N) is 1. The third kappa shape index (κ3) is 2.23. The number of fused-ring (bicyclic) bond motifs is 1. The lowest BCUT2D eigenvalue weighted by Gasteiger charge is -2.20. The molecule has 16 heavy (non-hydrogen) atoms. The fourth-order valence-electron chi connectivity index (χ4n) is 2.94. The van der Waals surface area contributed by atoms with Gasteiger partial charge in [0, 0.05) is 31.5 Å². The molecule has 1 saturated heterocycles. The van der Waals surface area contributed by atoms with Crippen molar-refractivity contribution in [3.63, 3.8) is 0 Å². The number of carbonyl (C=O) groups is 1. The van der Waals surface area contributed by atoms with E-state index in [0.717, 1.165) is 32.4 Å². The maximum atomic E-state index is 11.9. The highest BCUT2D eigenvalue weighted by molar-refractivity contribution is 5.77. The van der Waals surface area contributed by atoms with Gasteiger partial charge in [-0.2, -0.15) is 0 Å². The van der Waals surface area contributed by atoms with E-state index >= 15 is 0 Å². The van der Waals surface area contributed by atoms with E-state index in [2.05, 4.69) is 0 Å². The molecule has 4 nitrogen and oxygen atoms in total. The van der Waals surface area contributed by atoms with Gasteiger partial charge in [0.25, 0.3) is 0 Å². The third-order valence-electron chi connectivity index (χ3n) is 4.13. The van der Waals surface area contributed by atoms with Crippen LogP contribution in [0.25, 0.3) is 0 Å². The van der Waals surface area contributed by atoms with E-state index in [9.17, 15) is 9.90 Å². The van der Waals surface area contributed by atoms with Crippen LogP contribution in [-0.4, -0.2) is 41.1 Å². The Hall–Kier alpha value is -0.610. The quantitative estimate of drug-likeness (QED) is 0.729. The summed E-state index contributed by atoms with van der Waals surface area (Å²) in [5, 5.41) is 9.76. The first-order chi connectivity index (χ1) is 7.61. The molecule has 2 fully saturated rings. The molecule has 0 bridgehead atoms. The van der Waals surface area contributed by atoms with Gasteiger partial charge >= 0.3 is 0 Å². The number of amides is 1. The molecular weight excluding hydrogens is 204 g/mol. The zero-order valence-electron chi connectivity index (χ0n) is 9.93. The van der Waals surface area contributed by atoms with E-state index in [0.29, 0.717) is 18.3 Å². The summed E-state index contributed by atoms with van der Waals surface area (Å²) in [6.45, 7) is 3.57. The first kappa shape index (κ1) is 11.9. The van der Waals surface area contributed by atoms with Crippen LogP contribution >= 0.6 is 0 Å². The molecule has 0 aromatic carbocycles. The minimum absolute atomic E-state index is 0.0159. The monoisotopic (exact) mass is 226 g/mol. The van der Waals surface area contributed by atoms with E-state index in [1.165, 1.54) is 0 Å². The number of hydrogen-bond acceptors (Lipinski definition) is 3. The number of aliphatic hydroxyl groups excluding tert-OH is 1. The van der Waals surface area contributed by atoms with E-state index in [4.69, 9.17) is 5.73 Å². The van der Waals surface area contributed by atoms with Crippen LogP contribution in [0.5, 0.6) is 0 Å². The number of nitrogens with zero attached hydrogens (tertiary/aromatic N) is 1. The van der Waals surface area contributed by atoms with Crippen molar-refractivity contribution in [3.05, 3.63) is 0 Å². The van der Waals surface area contributed by atoms with Crippen molar-refractivity contribution in [3.8, 4) is 0 Å². The predicted molar refractivity (Wildman–Crippen MR) is 61.7 cm³/mol. The van der Waals surface area contributed by atoms with Crippen LogP contribution in [0.15, 0.2) is 0 Å². The number of aliphatic hydroxyl groups is 1. The number of likely N-dealkylation sites (tertiary alicyclic amines) is 1. The second-order valence-corrected chi connectivity index (χ2v) is 5.24. The Morgan fingerprint density at radius 3 is 2.88 bits per heavy atom. The molecule has 2 rings (SSSR count). The summed E-state index contributed by atoms with van der Waals surface area (Å²) in [6, 6.07) is -0.0159. The lowest BCUT2D eigenvalue weighted by Crippen LogP contribution is -2.35. The Bertz CT molecular complexity index is 270. The maximum absolute atomic E-state index is 11.9. The lowest BCUT2D eigenvalue weighted by molar-refractivity contribution is -0.131. The largest absolute Gasteiger partial charge is 0.393 e. The molecule has 0 spiro atoms. The molecule has 4 unspecified atom stereocenters. The van der Waals surface area contributed by atoms with Crippen molar-refractivity contribution in [2.75, 3.05) is 13.1 Å². The van der Waals surface area contributed by atoms with Gasteiger partial charge in [0.1, 0.15) is 0 Å². The second kappa shape index (κ2) is 4.72. The molecule has 1 aliphatic carbocycles. The summed E-state index contributed by atoms with van der Waals surface area (Å²) in [6.07, 6.45) is 3.07. The molecular formula is C12H22N2O2. The lowest BCUT2D eigenvalue weighted by atomic mass is 10.00. The van der Waals surface area contributed by atoms with Crippen LogP contribution in [-0.2, 0) is 4.79 Å². The minimum atomic E-state index is -0.192.